The summed E-state index contributed by atoms with van der Waals surface area (Å²) in [6, 6.07) is 12.6. The third-order valence-electron chi connectivity index (χ3n) is 5.29. The van der Waals surface area contributed by atoms with E-state index in [1.54, 1.807) is 30.3 Å². The molecule has 0 bridgehead atoms. The Morgan fingerprint density at radius 3 is 2.55 bits per heavy atom. The first-order valence-corrected chi connectivity index (χ1v) is 9.97. The van der Waals surface area contributed by atoms with Crippen LogP contribution < -0.4 is 9.64 Å². The van der Waals surface area contributed by atoms with Gasteiger partial charge in [0.1, 0.15) is 23.3 Å². The Kier molecular flexibility index (Phi) is 5.33. The van der Waals surface area contributed by atoms with Gasteiger partial charge in [-0.2, -0.15) is 0 Å². The van der Waals surface area contributed by atoms with Crippen molar-refractivity contribution in [2.24, 2.45) is 0 Å². The average Bonchev–Trinajstić information content (AvgIpc) is 3.35. The highest BCUT2D eigenvalue weighted by molar-refractivity contribution is 6.51. The van der Waals surface area contributed by atoms with Crippen LogP contribution in [-0.2, 0) is 9.59 Å². The molecule has 0 radical (unpaired) electrons. The molecule has 2 heterocycles. The molecular formula is C24H20ClNO5. The minimum atomic E-state index is -0.944. The van der Waals surface area contributed by atoms with Gasteiger partial charge in [0.05, 0.1) is 24.5 Å². The molecular weight excluding hydrogens is 418 g/mol. The van der Waals surface area contributed by atoms with Crippen LogP contribution in [0.5, 0.6) is 5.75 Å². The number of aryl methyl sites for hydroxylation is 2. The van der Waals surface area contributed by atoms with Gasteiger partial charge in [0.2, 0.25) is 0 Å². The minimum absolute atomic E-state index is 0.0968. The standard InChI is InChI=1S/C24H20ClNO5/c1-13-6-8-17(14(2)11-13)26-21(19-5-4-10-31-19)20(23(28)24(26)29)22(27)16-12-15(25)7-9-18(16)30-3/h4-12,21,27H,1-3H3/b22-20-. The molecule has 1 aromatic heterocycles. The number of hydrogen-bond donors (Lipinski definition) is 1. The number of methoxy groups -OCH3 is 1. The summed E-state index contributed by atoms with van der Waals surface area (Å²) in [5, 5.41) is 11.5. The molecule has 0 saturated carbocycles. The Hall–Kier alpha value is -3.51. The normalized spacial score (nSPS) is 17.9. The summed E-state index contributed by atoms with van der Waals surface area (Å²) in [5.74, 6) is -1.29. The number of anilines is 1. The van der Waals surface area contributed by atoms with Crippen molar-refractivity contribution in [2.75, 3.05) is 12.0 Å². The van der Waals surface area contributed by atoms with Gasteiger partial charge in [-0.3, -0.25) is 14.5 Å². The summed E-state index contributed by atoms with van der Waals surface area (Å²) >= 11 is 6.12. The van der Waals surface area contributed by atoms with Crippen LogP contribution in [0.3, 0.4) is 0 Å². The highest BCUT2D eigenvalue weighted by atomic mass is 35.5. The average molecular weight is 438 g/mol. The van der Waals surface area contributed by atoms with Crippen LogP contribution in [0.1, 0.15) is 28.5 Å². The smallest absolute Gasteiger partial charge is 0.300 e. The predicted molar refractivity (Wildman–Crippen MR) is 117 cm³/mol. The maximum Gasteiger partial charge on any atom is 0.300 e. The predicted octanol–water partition coefficient (Wildman–Crippen LogP) is 5.18. The Labute approximate surface area is 184 Å². The molecule has 3 aromatic rings. The molecule has 1 fully saturated rings. The fraction of sp³-hybridized carbons (Fsp3) is 0.167. The van der Waals surface area contributed by atoms with E-state index in [1.807, 2.05) is 26.0 Å². The zero-order valence-corrected chi connectivity index (χ0v) is 17.9. The van der Waals surface area contributed by atoms with E-state index in [4.69, 9.17) is 20.8 Å². The first-order chi connectivity index (χ1) is 14.8. The molecule has 1 aliphatic rings. The fourth-order valence-corrected chi connectivity index (χ4v) is 4.06. The molecule has 7 heteroatoms. The number of aliphatic hydroxyl groups is 1. The highest BCUT2D eigenvalue weighted by Crippen LogP contribution is 2.44. The number of carbonyl (C=O) groups is 2. The van der Waals surface area contributed by atoms with Gasteiger partial charge >= 0.3 is 0 Å². The summed E-state index contributed by atoms with van der Waals surface area (Å²) in [4.78, 5) is 27.7. The van der Waals surface area contributed by atoms with Gasteiger partial charge in [-0.1, -0.05) is 29.3 Å². The third-order valence-corrected chi connectivity index (χ3v) is 5.52. The van der Waals surface area contributed by atoms with Crippen molar-refractivity contribution >= 4 is 34.7 Å². The number of hydrogen-bond acceptors (Lipinski definition) is 5. The van der Waals surface area contributed by atoms with E-state index < -0.39 is 17.7 Å². The van der Waals surface area contributed by atoms with E-state index in [0.29, 0.717) is 22.2 Å². The van der Waals surface area contributed by atoms with E-state index in [9.17, 15) is 14.7 Å². The van der Waals surface area contributed by atoms with Gasteiger partial charge in [0, 0.05) is 10.7 Å². The number of ketones is 1. The SMILES string of the molecule is COc1ccc(Cl)cc1/C(O)=C1/C(=O)C(=O)N(c2ccc(C)cc2C)C1c1ccco1. The molecule has 1 amide bonds. The zero-order valence-electron chi connectivity index (χ0n) is 17.2. The summed E-state index contributed by atoms with van der Waals surface area (Å²) in [6.45, 7) is 3.81. The van der Waals surface area contributed by atoms with Crippen molar-refractivity contribution in [2.45, 2.75) is 19.9 Å². The van der Waals surface area contributed by atoms with Crippen molar-refractivity contribution in [1.82, 2.24) is 0 Å². The Bertz CT molecular complexity index is 1210. The second kappa shape index (κ2) is 7.96. The first kappa shape index (κ1) is 20.8. The molecule has 0 aliphatic carbocycles. The molecule has 1 saturated heterocycles. The second-order valence-corrected chi connectivity index (χ2v) is 7.76. The molecule has 0 spiro atoms. The number of benzene rings is 2. The molecule has 1 atom stereocenters. The highest BCUT2D eigenvalue weighted by Gasteiger charge is 2.48. The second-order valence-electron chi connectivity index (χ2n) is 7.32. The number of carbonyl (C=O) groups excluding carboxylic acids is 2. The van der Waals surface area contributed by atoms with Crippen molar-refractivity contribution in [3.8, 4) is 5.75 Å². The lowest BCUT2D eigenvalue weighted by molar-refractivity contribution is -0.132. The summed E-state index contributed by atoms with van der Waals surface area (Å²) in [5.41, 5.74) is 2.52. The monoisotopic (exact) mass is 437 g/mol. The Morgan fingerprint density at radius 2 is 1.90 bits per heavy atom. The van der Waals surface area contributed by atoms with E-state index >= 15 is 0 Å². The lowest BCUT2D eigenvalue weighted by Gasteiger charge is -2.25. The molecule has 6 nitrogen and oxygen atoms in total. The van der Waals surface area contributed by atoms with E-state index in [-0.39, 0.29) is 16.9 Å². The number of nitrogens with zero attached hydrogens (tertiary/aromatic N) is 1. The fourth-order valence-electron chi connectivity index (χ4n) is 3.88. The first-order valence-electron chi connectivity index (χ1n) is 9.59. The van der Waals surface area contributed by atoms with E-state index in [2.05, 4.69) is 0 Å². The number of Topliss-reactive ketones (excluding diaryl/α,β-unsaturated/α-hetero) is 1. The molecule has 1 aliphatic heterocycles. The Morgan fingerprint density at radius 1 is 1.13 bits per heavy atom. The maximum absolute atomic E-state index is 13.1. The van der Waals surface area contributed by atoms with Crippen LogP contribution in [0.15, 0.2) is 64.8 Å². The minimum Gasteiger partial charge on any atom is -0.507 e. The summed E-state index contributed by atoms with van der Waals surface area (Å²) < 4.78 is 10.9. The third kappa shape index (κ3) is 3.49. The lowest BCUT2D eigenvalue weighted by Crippen LogP contribution is -2.30. The van der Waals surface area contributed by atoms with Crippen molar-refractivity contribution < 1.29 is 23.8 Å². The van der Waals surface area contributed by atoms with Gasteiger partial charge in [-0.15, -0.1) is 0 Å². The lowest BCUT2D eigenvalue weighted by atomic mass is 9.98. The summed E-state index contributed by atoms with van der Waals surface area (Å²) in [6.07, 6.45) is 1.46. The van der Waals surface area contributed by atoms with Crippen LogP contribution in [0.25, 0.3) is 5.76 Å². The van der Waals surface area contributed by atoms with Crippen LogP contribution in [0.4, 0.5) is 5.69 Å². The topological polar surface area (TPSA) is 80.0 Å². The van der Waals surface area contributed by atoms with Crippen LogP contribution in [-0.4, -0.2) is 23.9 Å². The van der Waals surface area contributed by atoms with E-state index in [1.165, 1.54) is 24.3 Å². The number of rotatable bonds is 4. The summed E-state index contributed by atoms with van der Waals surface area (Å²) in [7, 11) is 1.44. The van der Waals surface area contributed by atoms with Gasteiger partial charge in [0.15, 0.2) is 0 Å². The molecule has 2 aromatic carbocycles. The van der Waals surface area contributed by atoms with Gasteiger partial charge in [0.25, 0.3) is 11.7 Å². The number of furan rings is 1. The van der Waals surface area contributed by atoms with Crippen molar-refractivity contribution in [1.29, 1.82) is 0 Å². The van der Waals surface area contributed by atoms with Crippen molar-refractivity contribution in [3.63, 3.8) is 0 Å². The van der Waals surface area contributed by atoms with Crippen LogP contribution >= 0.6 is 11.6 Å². The van der Waals surface area contributed by atoms with Crippen LogP contribution in [0.2, 0.25) is 5.02 Å². The quantitative estimate of drug-likeness (QED) is 0.345. The molecule has 1 N–H and O–H groups in total. The number of aliphatic hydroxyl groups excluding tert-OH is 1. The number of halogens is 1. The molecule has 1 unspecified atom stereocenters. The van der Waals surface area contributed by atoms with Gasteiger partial charge in [-0.05, 0) is 55.8 Å². The van der Waals surface area contributed by atoms with Crippen molar-refractivity contribution in [3.05, 3.63) is 87.8 Å². The number of amides is 1. The number of ether oxygens (including phenoxy) is 1. The zero-order chi connectivity index (χ0) is 22.3. The molecule has 31 heavy (non-hydrogen) atoms. The van der Waals surface area contributed by atoms with E-state index in [0.717, 1.165) is 11.1 Å². The molecule has 158 valence electrons. The Balaban J connectivity index is 1.98. The van der Waals surface area contributed by atoms with Crippen LogP contribution in [0, 0.1) is 13.8 Å². The van der Waals surface area contributed by atoms with Gasteiger partial charge < -0.3 is 14.3 Å². The maximum atomic E-state index is 13.1. The molecule has 4 rings (SSSR count). The van der Waals surface area contributed by atoms with Gasteiger partial charge in [-0.25, -0.2) is 0 Å². The largest absolute Gasteiger partial charge is 0.507 e.